The highest BCUT2D eigenvalue weighted by Crippen LogP contribution is 2.42. The normalized spacial score (nSPS) is 18.8. The topological polar surface area (TPSA) is 46.4 Å². The molecule has 0 amide bonds. The summed E-state index contributed by atoms with van der Waals surface area (Å²) in [4.78, 5) is 14.5. The highest BCUT2D eigenvalue weighted by Gasteiger charge is 2.43. The highest BCUT2D eigenvalue weighted by molar-refractivity contribution is 5.83. The van der Waals surface area contributed by atoms with Gasteiger partial charge in [0.1, 0.15) is 5.82 Å². The summed E-state index contributed by atoms with van der Waals surface area (Å²) in [7, 11) is 2.24. The number of likely N-dealkylation sites (tertiary alicyclic amines) is 2. The number of hydrogen-bond acceptors (Lipinski definition) is 5. The minimum atomic E-state index is 0.426. The summed E-state index contributed by atoms with van der Waals surface area (Å²) in [6, 6.07) is 21.5. The zero-order valence-electron chi connectivity index (χ0n) is 20.7. The largest absolute Gasteiger partial charge is 0.470 e. The van der Waals surface area contributed by atoms with Gasteiger partial charge in [-0.3, -0.25) is 14.5 Å². The number of piperidine rings is 1. The number of pyridine rings is 1. The fourth-order valence-electron chi connectivity index (χ4n) is 6.14. The average molecular weight is 478 g/mol. The van der Waals surface area contributed by atoms with Gasteiger partial charge in [0, 0.05) is 37.0 Å². The second-order valence-corrected chi connectivity index (χ2v) is 10.7. The second kappa shape index (κ2) is 8.57. The van der Waals surface area contributed by atoms with E-state index in [1.165, 1.54) is 44.6 Å². The second-order valence-electron chi connectivity index (χ2n) is 10.7. The summed E-state index contributed by atoms with van der Waals surface area (Å²) in [5, 5.41) is 0. The lowest BCUT2D eigenvalue weighted by molar-refractivity contribution is -0.0470. The van der Waals surface area contributed by atoms with E-state index in [-0.39, 0.29) is 0 Å². The van der Waals surface area contributed by atoms with Gasteiger partial charge in [0.2, 0.25) is 0 Å². The van der Waals surface area contributed by atoms with E-state index in [1.807, 2.05) is 6.07 Å². The Balaban J connectivity index is 1.17. The molecular formula is C30H31N5O. The first-order valence-electron chi connectivity index (χ1n) is 12.9. The molecule has 2 aromatic carbocycles. The van der Waals surface area contributed by atoms with Crippen LogP contribution >= 0.6 is 0 Å². The van der Waals surface area contributed by atoms with Crippen molar-refractivity contribution in [3.05, 3.63) is 78.6 Å². The van der Waals surface area contributed by atoms with Crippen molar-refractivity contribution in [1.82, 2.24) is 24.3 Å². The first-order valence-corrected chi connectivity index (χ1v) is 12.9. The molecule has 7 rings (SSSR count). The fourth-order valence-corrected chi connectivity index (χ4v) is 6.14. The molecule has 5 heterocycles. The first kappa shape index (κ1) is 21.8. The van der Waals surface area contributed by atoms with E-state index in [0.717, 1.165) is 46.2 Å². The molecule has 2 aromatic heterocycles. The monoisotopic (exact) mass is 477 g/mol. The number of hydrogen-bond donors (Lipinski definition) is 0. The Labute approximate surface area is 212 Å². The van der Waals surface area contributed by atoms with E-state index < -0.39 is 0 Å². The van der Waals surface area contributed by atoms with E-state index >= 15 is 0 Å². The van der Waals surface area contributed by atoms with Gasteiger partial charge in [-0.05, 0) is 50.0 Å². The number of benzene rings is 2. The van der Waals surface area contributed by atoms with Crippen LogP contribution in [0.4, 0.5) is 0 Å². The molecule has 36 heavy (non-hydrogen) atoms. The van der Waals surface area contributed by atoms with Crippen LogP contribution in [-0.2, 0) is 13.3 Å². The van der Waals surface area contributed by atoms with Crippen molar-refractivity contribution in [3.63, 3.8) is 0 Å². The van der Waals surface area contributed by atoms with Crippen LogP contribution < -0.4 is 4.74 Å². The Morgan fingerprint density at radius 2 is 1.69 bits per heavy atom. The summed E-state index contributed by atoms with van der Waals surface area (Å²) in [5.41, 5.74) is 7.27. The van der Waals surface area contributed by atoms with E-state index in [0.29, 0.717) is 12.1 Å². The summed E-state index contributed by atoms with van der Waals surface area (Å²) >= 11 is 0. The smallest absolute Gasteiger partial charge is 0.167 e. The molecule has 2 saturated heterocycles. The van der Waals surface area contributed by atoms with Crippen LogP contribution in [0.15, 0.2) is 73.1 Å². The van der Waals surface area contributed by atoms with Crippen LogP contribution in [0, 0.1) is 5.41 Å². The maximum absolute atomic E-state index is 6.05. The maximum Gasteiger partial charge on any atom is 0.167 e. The molecule has 6 heteroatoms. The summed E-state index contributed by atoms with van der Waals surface area (Å²) in [5.74, 6) is 1.72. The predicted molar refractivity (Wildman–Crippen MR) is 141 cm³/mol. The van der Waals surface area contributed by atoms with Crippen LogP contribution in [0.25, 0.3) is 33.9 Å². The Bertz CT molecular complexity index is 1380. The summed E-state index contributed by atoms with van der Waals surface area (Å²) < 4.78 is 8.23. The summed E-state index contributed by atoms with van der Waals surface area (Å²) in [6.45, 7) is 6.42. The van der Waals surface area contributed by atoms with Crippen LogP contribution in [-0.4, -0.2) is 57.6 Å². The number of aromatic nitrogens is 3. The fraction of sp³-hybridized carbons (Fsp3) is 0.333. The van der Waals surface area contributed by atoms with Gasteiger partial charge < -0.3 is 9.64 Å². The van der Waals surface area contributed by atoms with Crippen molar-refractivity contribution in [1.29, 1.82) is 0 Å². The Morgan fingerprint density at radius 3 is 2.47 bits per heavy atom. The molecule has 0 aliphatic carbocycles. The van der Waals surface area contributed by atoms with Crippen molar-refractivity contribution in [2.75, 3.05) is 33.2 Å². The molecule has 0 N–H and O–H groups in total. The Morgan fingerprint density at radius 1 is 0.917 bits per heavy atom. The van der Waals surface area contributed by atoms with Crippen LogP contribution in [0.1, 0.15) is 18.4 Å². The zero-order chi connectivity index (χ0) is 24.1. The lowest BCUT2D eigenvalue weighted by Gasteiger charge is -2.54. The van der Waals surface area contributed by atoms with Crippen molar-refractivity contribution in [3.8, 4) is 39.7 Å². The van der Waals surface area contributed by atoms with E-state index in [9.17, 15) is 0 Å². The number of imidazole rings is 1. The molecule has 4 aromatic rings. The van der Waals surface area contributed by atoms with Crippen LogP contribution in [0.3, 0.4) is 0 Å². The average Bonchev–Trinajstić information content (AvgIpc) is 3.30. The van der Waals surface area contributed by atoms with Crippen LogP contribution in [0.2, 0.25) is 0 Å². The SMILES string of the molecule is CN1CCC2(CC1)CN(Cc1ccc(-c3nc4n(c3-c3ccccc3)COc3cnccc3-4)cc1)C2. The molecule has 2 fully saturated rings. The third-order valence-corrected chi connectivity index (χ3v) is 8.19. The molecule has 182 valence electrons. The molecule has 3 aliphatic heterocycles. The molecule has 0 bridgehead atoms. The lowest BCUT2D eigenvalue weighted by Crippen LogP contribution is -2.59. The lowest BCUT2D eigenvalue weighted by atomic mass is 9.72. The third kappa shape index (κ3) is 3.72. The Hall–Kier alpha value is -3.48. The number of fused-ring (bicyclic) bond motifs is 3. The van der Waals surface area contributed by atoms with Gasteiger partial charge in [0.05, 0.1) is 23.1 Å². The minimum Gasteiger partial charge on any atom is -0.470 e. The van der Waals surface area contributed by atoms with Crippen molar-refractivity contribution < 1.29 is 4.74 Å². The van der Waals surface area contributed by atoms with Gasteiger partial charge in [0.25, 0.3) is 0 Å². The first-order chi connectivity index (χ1) is 17.7. The predicted octanol–water partition coefficient (Wildman–Crippen LogP) is 5.16. The van der Waals surface area contributed by atoms with E-state index in [1.54, 1.807) is 12.4 Å². The Kier molecular flexibility index (Phi) is 5.19. The van der Waals surface area contributed by atoms with E-state index in [4.69, 9.17) is 9.72 Å². The highest BCUT2D eigenvalue weighted by atomic mass is 16.5. The van der Waals surface area contributed by atoms with Crippen molar-refractivity contribution in [2.45, 2.75) is 26.1 Å². The number of ether oxygens (including phenoxy) is 1. The van der Waals surface area contributed by atoms with Crippen molar-refractivity contribution >= 4 is 0 Å². The van der Waals surface area contributed by atoms with Gasteiger partial charge in [-0.2, -0.15) is 0 Å². The van der Waals surface area contributed by atoms with Crippen LogP contribution in [0.5, 0.6) is 5.75 Å². The van der Waals surface area contributed by atoms with Gasteiger partial charge in [-0.1, -0.05) is 54.6 Å². The quantitative estimate of drug-likeness (QED) is 0.407. The third-order valence-electron chi connectivity index (χ3n) is 8.19. The van der Waals surface area contributed by atoms with Gasteiger partial charge in [0.15, 0.2) is 12.5 Å². The van der Waals surface area contributed by atoms with Gasteiger partial charge >= 0.3 is 0 Å². The number of nitrogens with zero attached hydrogens (tertiary/aromatic N) is 5. The van der Waals surface area contributed by atoms with Gasteiger partial charge in [-0.25, -0.2) is 4.98 Å². The minimum absolute atomic E-state index is 0.426. The van der Waals surface area contributed by atoms with E-state index in [2.05, 4.69) is 81.0 Å². The number of rotatable bonds is 4. The van der Waals surface area contributed by atoms with Gasteiger partial charge in [-0.15, -0.1) is 0 Å². The molecule has 0 unspecified atom stereocenters. The standard InChI is InChI=1S/C30H31N5O/c1-33-15-12-30(13-16-33)19-34(20-30)18-22-7-9-23(10-8-22)27-28(24-5-3-2-4-6-24)35-21-36-26-17-31-14-11-25(26)29(35)32-27/h2-11,14,17H,12-13,15-16,18-21H2,1H3. The molecule has 3 aliphatic rings. The molecule has 0 radical (unpaired) electrons. The summed E-state index contributed by atoms with van der Waals surface area (Å²) in [6.07, 6.45) is 6.26. The maximum atomic E-state index is 6.05. The molecule has 1 spiro atoms. The molecule has 0 saturated carbocycles. The molecule has 6 nitrogen and oxygen atoms in total. The zero-order valence-corrected chi connectivity index (χ0v) is 20.7. The molecule has 0 atom stereocenters. The van der Waals surface area contributed by atoms with Crippen molar-refractivity contribution in [2.24, 2.45) is 5.41 Å². The molecular weight excluding hydrogens is 446 g/mol.